The second-order valence-corrected chi connectivity index (χ2v) is 9.58. The average molecular weight is 438 g/mol. The van der Waals surface area contributed by atoms with E-state index >= 15 is 0 Å². The van der Waals surface area contributed by atoms with Crippen molar-refractivity contribution < 1.29 is 23.8 Å². The van der Waals surface area contributed by atoms with Gasteiger partial charge in [-0.15, -0.1) is 0 Å². The van der Waals surface area contributed by atoms with Crippen LogP contribution >= 0.6 is 0 Å². The van der Waals surface area contributed by atoms with Crippen molar-refractivity contribution in [2.24, 2.45) is 16.5 Å². The summed E-state index contributed by atoms with van der Waals surface area (Å²) in [6.07, 6.45) is 0.234. The normalized spacial score (nSPS) is 33.0. The van der Waals surface area contributed by atoms with Crippen molar-refractivity contribution in [3.05, 3.63) is 71.8 Å². The van der Waals surface area contributed by atoms with Crippen LogP contribution in [0, 0.1) is 11.3 Å². The Kier molecular flexibility index (Phi) is 5.58. The second kappa shape index (κ2) is 8.27. The van der Waals surface area contributed by atoms with Gasteiger partial charge in [0.25, 0.3) is 0 Å². The number of rotatable bonds is 6. The van der Waals surface area contributed by atoms with Crippen LogP contribution in [0.2, 0.25) is 0 Å². The molecule has 32 heavy (non-hydrogen) atoms. The third-order valence-corrected chi connectivity index (χ3v) is 6.88. The minimum absolute atomic E-state index is 0.123. The highest BCUT2D eigenvalue weighted by Crippen LogP contribution is 2.54. The molecule has 4 atom stereocenters. The van der Waals surface area contributed by atoms with Gasteiger partial charge in [-0.05, 0) is 25.0 Å². The van der Waals surface area contributed by atoms with Crippen LogP contribution < -0.4 is 0 Å². The van der Waals surface area contributed by atoms with Gasteiger partial charge < -0.3 is 23.8 Å². The Morgan fingerprint density at radius 1 is 0.938 bits per heavy atom. The molecular weight excluding hydrogens is 406 g/mol. The fourth-order valence-electron chi connectivity index (χ4n) is 5.06. The first kappa shape index (κ1) is 21.6. The first-order chi connectivity index (χ1) is 15.4. The Labute approximate surface area is 189 Å². The highest BCUT2D eigenvalue weighted by atomic mass is 16.8. The van der Waals surface area contributed by atoms with Crippen molar-refractivity contribution in [3.8, 4) is 0 Å². The summed E-state index contributed by atoms with van der Waals surface area (Å²) in [5.41, 5.74) is 2.85. The third-order valence-electron chi connectivity index (χ3n) is 6.88. The fraction of sp³-hybridized carbons (Fsp3) is 0.500. The lowest BCUT2D eigenvalue weighted by atomic mass is 9.62. The number of oxime groups is 1. The van der Waals surface area contributed by atoms with Gasteiger partial charge in [0, 0.05) is 6.42 Å². The van der Waals surface area contributed by atoms with E-state index in [4.69, 9.17) is 23.8 Å². The molecule has 0 amide bonds. The summed E-state index contributed by atoms with van der Waals surface area (Å²) in [6, 6.07) is 20.3. The van der Waals surface area contributed by atoms with Gasteiger partial charge in [0.1, 0.15) is 12.7 Å². The Morgan fingerprint density at radius 2 is 1.59 bits per heavy atom. The first-order valence-electron chi connectivity index (χ1n) is 11.3. The van der Waals surface area contributed by atoms with Gasteiger partial charge in [-0.3, -0.25) is 0 Å². The molecule has 0 unspecified atom stereocenters. The van der Waals surface area contributed by atoms with Crippen LogP contribution in [0.15, 0.2) is 65.8 Å². The molecule has 2 heterocycles. The van der Waals surface area contributed by atoms with E-state index in [1.165, 1.54) is 0 Å². The van der Waals surface area contributed by atoms with Gasteiger partial charge in [0.05, 0.1) is 36.9 Å². The summed E-state index contributed by atoms with van der Waals surface area (Å²) in [7, 11) is 0. The minimum Gasteiger partial charge on any atom is -0.395 e. The Balaban J connectivity index is 1.50. The lowest BCUT2D eigenvalue weighted by Crippen LogP contribution is -2.70. The standard InChI is InChI=1S/C26H31NO5/c1-24(2)29-17-21-25(3)18-31-27-22(25)14-23(28-15-19-10-6-4-7-11-19)26(21,32-24)30-16-20-12-8-5-9-13-20/h4-13,21,23H,14-18H2,1-3H3/t21-,23-,25-,26+/m0/s1. The smallest absolute Gasteiger partial charge is 0.204 e. The maximum Gasteiger partial charge on any atom is 0.204 e. The van der Waals surface area contributed by atoms with Crippen LogP contribution in [0.4, 0.5) is 0 Å². The lowest BCUT2D eigenvalue weighted by molar-refractivity contribution is -0.445. The van der Waals surface area contributed by atoms with E-state index in [2.05, 4.69) is 36.3 Å². The SMILES string of the molecule is CC1(C)OC[C@@H]2[C@@](OCc3ccccc3)(O1)[C@@H](OCc1ccccc1)CC1=NOC[C@]12C. The Bertz CT molecular complexity index is 963. The van der Waals surface area contributed by atoms with Crippen LogP contribution in [-0.4, -0.2) is 36.6 Å². The van der Waals surface area contributed by atoms with Crippen molar-refractivity contribution in [1.29, 1.82) is 0 Å². The van der Waals surface area contributed by atoms with Crippen LogP contribution in [0.5, 0.6) is 0 Å². The average Bonchev–Trinajstić information content (AvgIpc) is 3.17. The number of hydrogen-bond acceptors (Lipinski definition) is 6. The van der Waals surface area contributed by atoms with E-state index in [-0.39, 0.29) is 17.4 Å². The van der Waals surface area contributed by atoms with Gasteiger partial charge in [-0.25, -0.2) is 0 Å². The number of nitrogens with zero attached hydrogens (tertiary/aromatic N) is 1. The van der Waals surface area contributed by atoms with E-state index in [9.17, 15) is 0 Å². The lowest BCUT2D eigenvalue weighted by Gasteiger charge is -2.58. The predicted octanol–water partition coefficient (Wildman–Crippen LogP) is 4.68. The Hall–Kier alpha value is -2.25. The van der Waals surface area contributed by atoms with Gasteiger partial charge >= 0.3 is 0 Å². The van der Waals surface area contributed by atoms with E-state index in [1.807, 2.05) is 50.2 Å². The van der Waals surface area contributed by atoms with Crippen molar-refractivity contribution >= 4 is 5.71 Å². The maximum absolute atomic E-state index is 6.73. The van der Waals surface area contributed by atoms with E-state index < -0.39 is 11.6 Å². The van der Waals surface area contributed by atoms with Crippen molar-refractivity contribution in [1.82, 2.24) is 0 Å². The molecule has 1 saturated heterocycles. The molecule has 0 spiro atoms. The summed E-state index contributed by atoms with van der Waals surface area (Å²) in [4.78, 5) is 5.58. The molecule has 2 aromatic carbocycles. The zero-order chi connectivity index (χ0) is 22.2. The quantitative estimate of drug-likeness (QED) is 0.657. The predicted molar refractivity (Wildman–Crippen MR) is 120 cm³/mol. The monoisotopic (exact) mass is 437 g/mol. The van der Waals surface area contributed by atoms with Crippen molar-refractivity contribution in [2.75, 3.05) is 13.2 Å². The molecule has 0 bridgehead atoms. The number of ether oxygens (including phenoxy) is 4. The van der Waals surface area contributed by atoms with Crippen LogP contribution in [0.1, 0.15) is 38.3 Å². The third kappa shape index (κ3) is 3.86. The molecule has 6 heteroatoms. The fourth-order valence-corrected chi connectivity index (χ4v) is 5.06. The van der Waals surface area contributed by atoms with Gasteiger partial charge in [0.15, 0.2) is 5.79 Å². The zero-order valence-electron chi connectivity index (χ0n) is 19.0. The maximum atomic E-state index is 6.73. The summed E-state index contributed by atoms with van der Waals surface area (Å²) < 4.78 is 26.1. The molecule has 0 aromatic heterocycles. The molecule has 2 fully saturated rings. The molecule has 2 aromatic rings. The largest absolute Gasteiger partial charge is 0.395 e. The van der Waals surface area contributed by atoms with E-state index in [0.717, 1.165) is 16.8 Å². The molecule has 1 aliphatic carbocycles. The van der Waals surface area contributed by atoms with Crippen LogP contribution in [-0.2, 0) is 37.0 Å². The molecule has 170 valence electrons. The molecule has 6 nitrogen and oxygen atoms in total. The van der Waals surface area contributed by atoms with Crippen LogP contribution in [0.3, 0.4) is 0 Å². The Morgan fingerprint density at radius 3 is 2.28 bits per heavy atom. The molecule has 0 N–H and O–H groups in total. The molecule has 1 saturated carbocycles. The molecule has 2 aliphatic heterocycles. The molecule has 0 radical (unpaired) electrons. The topological polar surface area (TPSA) is 58.5 Å². The highest BCUT2D eigenvalue weighted by molar-refractivity contribution is 5.92. The minimum atomic E-state index is -0.992. The molecular formula is C26H31NO5. The van der Waals surface area contributed by atoms with E-state index in [1.54, 1.807) is 0 Å². The number of benzene rings is 2. The zero-order valence-corrected chi connectivity index (χ0v) is 19.0. The van der Waals surface area contributed by atoms with Gasteiger partial charge in [-0.1, -0.05) is 72.7 Å². The molecule has 3 aliphatic rings. The van der Waals surface area contributed by atoms with Gasteiger partial charge in [-0.2, -0.15) is 0 Å². The van der Waals surface area contributed by atoms with E-state index in [0.29, 0.717) is 32.8 Å². The summed E-state index contributed by atoms with van der Waals surface area (Å²) >= 11 is 0. The van der Waals surface area contributed by atoms with Gasteiger partial charge in [0.2, 0.25) is 5.79 Å². The first-order valence-corrected chi connectivity index (χ1v) is 11.3. The van der Waals surface area contributed by atoms with Crippen LogP contribution in [0.25, 0.3) is 0 Å². The number of hydrogen-bond donors (Lipinski definition) is 0. The highest BCUT2D eigenvalue weighted by Gasteiger charge is 2.67. The van der Waals surface area contributed by atoms with Crippen molar-refractivity contribution in [3.63, 3.8) is 0 Å². The molecule has 5 rings (SSSR count). The number of fused-ring (bicyclic) bond motifs is 3. The second-order valence-electron chi connectivity index (χ2n) is 9.58. The summed E-state index contributed by atoms with van der Waals surface area (Å²) in [6.45, 7) is 7.88. The summed E-state index contributed by atoms with van der Waals surface area (Å²) in [5, 5.41) is 4.38. The summed E-state index contributed by atoms with van der Waals surface area (Å²) in [5.74, 6) is -1.91. The van der Waals surface area contributed by atoms with Crippen molar-refractivity contribution in [2.45, 2.75) is 58.1 Å².